The maximum atomic E-state index is 11.5. The molecule has 1 fully saturated rings. The Bertz CT molecular complexity index is 542. The Kier molecular flexibility index (Phi) is 4.12. The summed E-state index contributed by atoms with van der Waals surface area (Å²) in [6.07, 6.45) is 0.779. The summed E-state index contributed by atoms with van der Waals surface area (Å²) in [4.78, 5) is 26.9. The lowest BCUT2D eigenvalue weighted by Crippen LogP contribution is -2.36. The van der Waals surface area contributed by atoms with Crippen LogP contribution in [0.5, 0.6) is 0 Å². The topological polar surface area (TPSA) is 101 Å². The molecule has 1 aliphatic heterocycles. The summed E-state index contributed by atoms with van der Waals surface area (Å²) in [6.45, 7) is 6.12. The van der Waals surface area contributed by atoms with E-state index in [1.807, 2.05) is 19.9 Å². The SMILES string of the molecule is Cc1sc(C(=O)NN)cc1CN1CCC(C)(C(N)=O)C1. The van der Waals surface area contributed by atoms with Crippen LogP contribution < -0.4 is 17.0 Å². The molecular formula is C13H20N4O2S. The Balaban J connectivity index is 2.07. The number of thiophene rings is 1. The van der Waals surface area contributed by atoms with Crippen LogP contribution in [-0.4, -0.2) is 29.8 Å². The third-order valence-corrected chi connectivity index (χ3v) is 5.01. The van der Waals surface area contributed by atoms with Gasteiger partial charge in [-0.05, 0) is 38.4 Å². The summed E-state index contributed by atoms with van der Waals surface area (Å²) >= 11 is 1.43. The van der Waals surface area contributed by atoms with E-state index in [0.29, 0.717) is 11.4 Å². The zero-order valence-electron chi connectivity index (χ0n) is 11.7. The molecule has 20 heavy (non-hydrogen) atoms. The molecule has 2 heterocycles. The normalized spacial score (nSPS) is 22.9. The summed E-state index contributed by atoms with van der Waals surface area (Å²) < 4.78 is 0. The number of nitrogen functional groups attached to an aromatic ring is 1. The average molecular weight is 296 g/mol. The molecule has 2 amide bonds. The van der Waals surface area contributed by atoms with Gasteiger partial charge in [-0.1, -0.05) is 0 Å². The van der Waals surface area contributed by atoms with Crippen LogP contribution in [0.2, 0.25) is 0 Å². The summed E-state index contributed by atoms with van der Waals surface area (Å²) in [5.41, 5.74) is 8.25. The zero-order valence-corrected chi connectivity index (χ0v) is 12.5. The van der Waals surface area contributed by atoms with Crippen LogP contribution in [0.4, 0.5) is 0 Å². The molecule has 5 N–H and O–H groups in total. The highest BCUT2D eigenvalue weighted by molar-refractivity contribution is 7.14. The molecule has 0 aliphatic carbocycles. The molecule has 1 saturated heterocycles. The molecule has 0 saturated carbocycles. The van der Waals surface area contributed by atoms with E-state index < -0.39 is 5.41 Å². The minimum Gasteiger partial charge on any atom is -0.369 e. The smallest absolute Gasteiger partial charge is 0.275 e. The van der Waals surface area contributed by atoms with Gasteiger partial charge in [0.25, 0.3) is 5.91 Å². The number of aryl methyl sites for hydroxylation is 1. The van der Waals surface area contributed by atoms with Crippen LogP contribution in [0.15, 0.2) is 6.07 Å². The van der Waals surface area contributed by atoms with Crippen molar-refractivity contribution in [1.82, 2.24) is 10.3 Å². The van der Waals surface area contributed by atoms with Gasteiger partial charge >= 0.3 is 0 Å². The average Bonchev–Trinajstić information content (AvgIpc) is 2.95. The number of nitrogens with one attached hydrogen (secondary N) is 1. The van der Waals surface area contributed by atoms with Gasteiger partial charge in [0.1, 0.15) is 0 Å². The van der Waals surface area contributed by atoms with Crippen LogP contribution in [-0.2, 0) is 11.3 Å². The number of nitrogens with zero attached hydrogens (tertiary/aromatic N) is 1. The Morgan fingerprint density at radius 2 is 2.25 bits per heavy atom. The number of hydrogen-bond acceptors (Lipinski definition) is 5. The monoisotopic (exact) mass is 296 g/mol. The van der Waals surface area contributed by atoms with Crippen LogP contribution in [0.25, 0.3) is 0 Å². The predicted molar refractivity (Wildman–Crippen MR) is 77.9 cm³/mol. The first-order chi connectivity index (χ1) is 9.35. The fourth-order valence-electron chi connectivity index (χ4n) is 2.49. The van der Waals surface area contributed by atoms with E-state index in [1.54, 1.807) is 0 Å². The number of likely N-dealkylation sites (tertiary alicyclic amines) is 1. The Labute approximate surface area is 122 Å². The third-order valence-electron chi connectivity index (χ3n) is 3.92. The quantitative estimate of drug-likeness (QED) is 0.424. The van der Waals surface area contributed by atoms with E-state index in [0.717, 1.165) is 30.0 Å². The lowest BCUT2D eigenvalue weighted by atomic mass is 9.89. The van der Waals surface area contributed by atoms with Crippen LogP contribution in [0, 0.1) is 12.3 Å². The first kappa shape index (κ1) is 15.0. The summed E-state index contributed by atoms with van der Waals surface area (Å²) in [7, 11) is 0. The fourth-order valence-corrected chi connectivity index (χ4v) is 3.43. The zero-order chi connectivity index (χ0) is 14.9. The van der Waals surface area contributed by atoms with Crippen molar-refractivity contribution < 1.29 is 9.59 Å². The molecule has 0 bridgehead atoms. The lowest BCUT2D eigenvalue weighted by molar-refractivity contribution is -0.126. The number of rotatable bonds is 4. The maximum Gasteiger partial charge on any atom is 0.275 e. The standard InChI is InChI=1S/C13H20N4O2S/c1-8-9(5-10(20-8)11(18)16-15)6-17-4-3-13(2,7-17)12(14)19/h5H,3-4,6-7,15H2,1-2H3,(H2,14,19)(H,16,18). The van der Waals surface area contributed by atoms with Crippen molar-refractivity contribution in [2.45, 2.75) is 26.8 Å². The van der Waals surface area contributed by atoms with E-state index in [-0.39, 0.29) is 11.8 Å². The second kappa shape index (κ2) is 5.51. The number of nitrogens with two attached hydrogens (primary N) is 2. The molecule has 0 aromatic carbocycles. The fraction of sp³-hybridized carbons (Fsp3) is 0.538. The van der Waals surface area contributed by atoms with Crippen molar-refractivity contribution >= 4 is 23.2 Å². The Morgan fingerprint density at radius 1 is 1.55 bits per heavy atom. The summed E-state index contributed by atoms with van der Waals surface area (Å²) in [5.74, 6) is 4.63. The molecule has 0 spiro atoms. The summed E-state index contributed by atoms with van der Waals surface area (Å²) in [5, 5.41) is 0. The molecule has 0 radical (unpaired) electrons. The minimum absolute atomic E-state index is 0.245. The molecular weight excluding hydrogens is 276 g/mol. The number of carbonyl (C=O) groups is 2. The minimum atomic E-state index is -0.443. The third kappa shape index (κ3) is 2.84. The highest BCUT2D eigenvalue weighted by atomic mass is 32.1. The molecule has 1 aliphatic rings. The predicted octanol–water partition coefficient (Wildman–Crippen LogP) is 0.357. The Hall–Kier alpha value is -1.44. The van der Waals surface area contributed by atoms with Gasteiger partial charge in [0, 0.05) is 18.0 Å². The van der Waals surface area contributed by atoms with Gasteiger partial charge in [-0.3, -0.25) is 19.9 Å². The molecule has 7 heteroatoms. The first-order valence-corrected chi connectivity index (χ1v) is 7.30. The second-order valence-corrected chi connectivity index (χ2v) is 6.81. The highest BCUT2D eigenvalue weighted by Crippen LogP contribution is 2.32. The highest BCUT2D eigenvalue weighted by Gasteiger charge is 2.38. The van der Waals surface area contributed by atoms with Crippen molar-refractivity contribution in [2.24, 2.45) is 17.0 Å². The van der Waals surface area contributed by atoms with Gasteiger partial charge in [-0.25, -0.2) is 5.84 Å². The van der Waals surface area contributed by atoms with Crippen LogP contribution >= 0.6 is 11.3 Å². The van der Waals surface area contributed by atoms with Crippen molar-refractivity contribution in [1.29, 1.82) is 0 Å². The molecule has 110 valence electrons. The number of hydrazine groups is 1. The van der Waals surface area contributed by atoms with Gasteiger partial charge in [-0.15, -0.1) is 11.3 Å². The molecule has 1 atom stereocenters. The number of carbonyl (C=O) groups excluding carboxylic acids is 2. The molecule has 2 rings (SSSR count). The van der Waals surface area contributed by atoms with Gasteiger partial charge in [0.2, 0.25) is 5.91 Å². The number of primary amides is 1. The first-order valence-electron chi connectivity index (χ1n) is 6.48. The second-order valence-electron chi connectivity index (χ2n) is 5.55. The molecule has 1 unspecified atom stereocenters. The maximum absolute atomic E-state index is 11.5. The number of amides is 2. The van der Waals surface area contributed by atoms with Crippen molar-refractivity contribution in [3.8, 4) is 0 Å². The lowest BCUT2D eigenvalue weighted by Gasteiger charge is -2.20. The molecule has 1 aromatic heterocycles. The van der Waals surface area contributed by atoms with E-state index in [4.69, 9.17) is 11.6 Å². The van der Waals surface area contributed by atoms with Crippen LogP contribution in [0.3, 0.4) is 0 Å². The van der Waals surface area contributed by atoms with E-state index in [1.165, 1.54) is 11.3 Å². The van der Waals surface area contributed by atoms with Gasteiger partial charge in [-0.2, -0.15) is 0 Å². The number of hydrogen-bond donors (Lipinski definition) is 3. The largest absolute Gasteiger partial charge is 0.369 e. The van der Waals surface area contributed by atoms with Crippen molar-refractivity contribution in [3.63, 3.8) is 0 Å². The van der Waals surface area contributed by atoms with Crippen LogP contribution in [0.1, 0.15) is 33.5 Å². The van der Waals surface area contributed by atoms with Gasteiger partial charge in [0.05, 0.1) is 10.3 Å². The van der Waals surface area contributed by atoms with E-state index in [9.17, 15) is 9.59 Å². The summed E-state index contributed by atoms with van der Waals surface area (Å²) in [6, 6.07) is 1.86. The molecule has 6 nitrogen and oxygen atoms in total. The van der Waals surface area contributed by atoms with E-state index >= 15 is 0 Å². The van der Waals surface area contributed by atoms with Crippen molar-refractivity contribution in [2.75, 3.05) is 13.1 Å². The molecule has 1 aromatic rings. The van der Waals surface area contributed by atoms with Gasteiger partial charge in [0.15, 0.2) is 0 Å². The van der Waals surface area contributed by atoms with E-state index in [2.05, 4.69) is 10.3 Å². The Morgan fingerprint density at radius 3 is 2.80 bits per heavy atom. The van der Waals surface area contributed by atoms with Gasteiger partial charge < -0.3 is 5.73 Å². The van der Waals surface area contributed by atoms with Crippen molar-refractivity contribution in [3.05, 3.63) is 21.4 Å².